The van der Waals surface area contributed by atoms with Crippen molar-refractivity contribution < 1.29 is 9.15 Å². The lowest BCUT2D eigenvalue weighted by Gasteiger charge is -2.13. The molecule has 7 nitrogen and oxygen atoms in total. The van der Waals surface area contributed by atoms with Crippen molar-refractivity contribution in [2.75, 3.05) is 24.3 Å². The van der Waals surface area contributed by atoms with Gasteiger partial charge in [0.15, 0.2) is 0 Å². The van der Waals surface area contributed by atoms with E-state index in [0.29, 0.717) is 11.9 Å². The van der Waals surface area contributed by atoms with Crippen LogP contribution in [0.15, 0.2) is 22.8 Å². The minimum absolute atomic E-state index is 0.0452. The van der Waals surface area contributed by atoms with Crippen LogP contribution in [-0.2, 0) is 0 Å². The maximum atomic E-state index is 5.34. The highest BCUT2D eigenvalue weighted by molar-refractivity contribution is 5.37. The summed E-state index contributed by atoms with van der Waals surface area (Å²) < 4.78 is 10.4. The highest BCUT2D eigenvalue weighted by Crippen LogP contribution is 2.19. The van der Waals surface area contributed by atoms with Crippen LogP contribution in [0.25, 0.3) is 0 Å². The molecule has 1 unspecified atom stereocenters. The van der Waals surface area contributed by atoms with E-state index in [1.807, 2.05) is 19.1 Å². The van der Waals surface area contributed by atoms with E-state index in [-0.39, 0.29) is 12.1 Å². The van der Waals surface area contributed by atoms with Crippen molar-refractivity contribution >= 4 is 11.9 Å². The molecule has 0 saturated carbocycles. The lowest BCUT2D eigenvalue weighted by molar-refractivity contribution is 0.379. The standard InChI is InChI=1S/C13H19N5O2/c1-4-7-14-11-16-12(18-13(17-11)19-3)15-9(2)10-6-5-8-20-10/h5-6,8-9H,4,7H2,1-3H3,(H2,14,15,16,17,18). The molecule has 0 aromatic carbocycles. The second kappa shape index (κ2) is 6.74. The molecular formula is C13H19N5O2. The zero-order chi connectivity index (χ0) is 14.4. The smallest absolute Gasteiger partial charge is 0.322 e. The van der Waals surface area contributed by atoms with Gasteiger partial charge in [0.2, 0.25) is 11.9 Å². The first-order chi connectivity index (χ1) is 9.72. The van der Waals surface area contributed by atoms with Crippen LogP contribution in [0, 0.1) is 0 Å². The molecule has 2 N–H and O–H groups in total. The Balaban J connectivity index is 2.13. The highest BCUT2D eigenvalue weighted by Gasteiger charge is 2.12. The minimum atomic E-state index is -0.0452. The van der Waals surface area contributed by atoms with Crippen LogP contribution in [0.1, 0.15) is 32.1 Å². The van der Waals surface area contributed by atoms with Crippen molar-refractivity contribution in [3.05, 3.63) is 24.2 Å². The molecule has 2 rings (SSSR count). The van der Waals surface area contributed by atoms with Crippen LogP contribution >= 0.6 is 0 Å². The molecule has 2 aromatic rings. The summed E-state index contributed by atoms with van der Waals surface area (Å²) in [5.41, 5.74) is 0. The average Bonchev–Trinajstić information content (AvgIpc) is 2.99. The van der Waals surface area contributed by atoms with Crippen LogP contribution in [0.3, 0.4) is 0 Å². The van der Waals surface area contributed by atoms with E-state index >= 15 is 0 Å². The maximum Gasteiger partial charge on any atom is 0.322 e. The first-order valence-electron chi connectivity index (χ1n) is 6.56. The number of hydrogen-bond donors (Lipinski definition) is 2. The summed E-state index contributed by atoms with van der Waals surface area (Å²) in [4.78, 5) is 12.6. The Morgan fingerprint density at radius 2 is 2.10 bits per heavy atom. The predicted molar refractivity (Wildman–Crippen MR) is 75.9 cm³/mol. The van der Waals surface area contributed by atoms with Gasteiger partial charge in [0.1, 0.15) is 5.76 Å². The first kappa shape index (κ1) is 14.1. The Kier molecular flexibility index (Phi) is 4.75. The third kappa shape index (κ3) is 3.59. The van der Waals surface area contributed by atoms with Gasteiger partial charge < -0.3 is 19.8 Å². The second-order valence-corrected chi connectivity index (χ2v) is 4.28. The molecular weight excluding hydrogens is 258 g/mol. The summed E-state index contributed by atoms with van der Waals surface area (Å²) in [6, 6.07) is 3.96. The van der Waals surface area contributed by atoms with Gasteiger partial charge >= 0.3 is 6.01 Å². The number of furan rings is 1. The van der Waals surface area contributed by atoms with Crippen molar-refractivity contribution in [3.63, 3.8) is 0 Å². The van der Waals surface area contributed by atoms with Crippen molar-refractivity contribution in [2.45, 2.75) is 26.3 Å². The molecule has 0 saturated heterocycles. The Labute approximate surface area is 117 Å². The molecule has 2 aromatic heterocycles. The van der Waals surface area contributed by atoms with Crippen molar-refractivity contribution in [3.8, 4) is 6.01 Å². The van der Waals surface area contributed by atoms with Crippen LogP contribution in [0.5, 0.6) is 6.01 Å². The lowest BCUT2D eigenvalue weighted by Crippen LogP contribution is -2.13. The van der Waals surface area contributed by atoms with Gasteiger partial charge in [-0.15, -0.1) is 0 Å². The molecule has 0 aliphatic rings. The summed E-state index contributed by atoms with van der Waals surface area (Å²) in [7, 11) is 1.53. The van der Waals surface area contributed by atoms with Gasteiger partial charge in [-0.25, -0.2) is 0 Å². The Morgan fingerprint density at radius 1 is 1.30 bits per heavy atom. The molecule has 20 heavy (non-hydrogen) atoms. The van der Waals surface area contributed by atoms with E-state index in [1.54, 1.807) is 6.26 Å². The summed E-state index contributed by atoms with van der Waals surface area (Å²) in [6.07, 6.45) is 2.62. The molecule has 0 bridgehead atoms. The maximum absolute atomic E-state index is 5.34. The van der Waals surface area contributed by atoms with Crippen molar-refractivity contribution in [1.82, 2.24) is 15.0 Å². The molecule has 1 atom stereocenters. The van der Waals surface area contributed by atoms with E-state index in [4.69, 9.17) is 9.15 Å². The minimum Gasteiger partial charge on any atom is -0.467 e. The number of anilines is 2. The first-order valence-corrected chi connectivity index (χ1v) is 6.56. The van der Waals surface area contributed by atoms with Gasteiger partial charge in [-0.05, 0) is 25.5 Å². The number of ether oxygens (including phenoxy) is 1. The SMILES string of the molecule is CCCNc1nc(NC(C)c2ccco2)nc(OC)n1. The Morgan fingerprint density at radius 3 is 2.75 bits per heavy atom. The van der Waals surface area contributed by atoms with Crippen molar-refractivity contribution in [2.24, 2.45) is 0 Å². The van der Waals surface area contributed by atoms with E-state index < -0.39 is 0 Å². The van der Waals surface area contributed by atoms with Gasteiger partial charge in [-0.3, -0.25) is 0 Å². The fraction of sp³-hybridized carbons (Fsp3) is 0.462. The molecule has 108 valence electrons. The summed E-state index contributed by atoms with van der Waals surface area (Å²) in [6.45, 7) is 4.83. The monoisotopic (exact) mass is 277 g/mol. The molecule has 0 fully saturated rings. The molecule has 7 heteroatoms. The molecule has 0 aliphatic carbocycles. The fourth-order valence-electron chi connectivity index (χ4n) is 1.63. The number of aromatic nitrogens is 3. The summed E-state index contributed by atoms with van der Waals surface area (Å²) in [5, 5.41) is 6.27. The molecule has 2 heterocycles. The highest BCUT2D eigenvalue weighted by atomic mass is 16.5. The number of methoxy groups -OCH3 is 1. The number of nitrogens with one attached hydrogen (secondary N) is 2. The van der Waals surface area contributed by atoms with Gasteiger partial charge in [0, 0.05) is 6.54 Å². The van der Waals surface area contributed by atoms with Gasteiger partial charge in [0.25, 0.3) is 0 Å². The predicted octanol–water partition coefficient (Wildman–Crippen LogP) is 2.47. The van der Waals surface area contributed by atoms with E-state index in [2.05, 4.69) is 32.5 Å². The van der Waals surface area contributed by atoms with Gasteiger partial charge in [0.05, 0.1) is 19.4 Å². The van der Waals surface area contributed by atoms with Crippen LogP contribution in [0.2, 0.25) is 0 Å². The largest absolute Gasteiger partial charge is 0.467 e. The third-order valence-corrected chi connectivity index (χ3v) is 2.65. The Hall–Kier alpha value is -2.31. The number of nitrogens with zero attached hydrogens (tertiary/aromatic N) is 3. The Bertz CT molecular complexity index is 530. The molecule has 0 radical (unpaired) electrons. The van der Waals surface area contributed by atoms with Gasteiger partial charge in [-0.1, -0.05) is 6.92 Å². The van der Waals surface area contributed by atoms with Crippen molar-refractivity contribution in [1.29, 1.82) is 0 Å². The summed E-state index contributed by atoms with van der Waals surface area (Å²) >= 11 is 0. The molecule has 0 aliphatic heterocycles. The molecule has 0 amide bonds. The third-order valence-electron chi connectivity index (χ3n) is 2.65. The topological polar surface area (TPSA) is 85.1 Å². The van der Waals surface area contributed by atoms with Crippen LogP contribution in [0.4, 0.5) is 11.9 Å². The average molecular weight is 277 g/mol. The quantitative estimate of drug-likeness (QED) is 0.804. The van der Waals surface area contributed by atoms with E-state index in [1.165, 1.54) is 7.11 Å². The number of rotatable bonds is 7. The zero-order valence-electron chi connectivity index (χ0n) is 11.9. The van der Waals surface area contributed by atoms with Crippen LogP contribution in [-0.4, -0.2) is 28.6 Å². The van der Waals surface area contributed by atoms with Crippen LogP contribution < -0.4 is 15.4 Å². The molecule has 0 spiro atoms. The number of hydrogen-bond acceptors (Lipinski definition) is 7. The van der Waals surface area contributed by atoms with E-state index in [9.17, 15) is 0 Å². The second-order valence-electron chi connectivity index (χ2n) is 4.28. The summed E-state index contributed by atoms with van der Waals surface area (Å²) in [5.74, 6) is 1.75. The normalized spacial score (nSPS) is 11.9. The van der Waals surface area contributed by atoms with E-state index in [0.717, 1.165) is 18.7 Å². The zero-order valence-corrected chi connectivity index (χ0v) is 11.9. The van der Waals surface area contributed by atoms with Gasteiger partial charge in [-0.2, -0.15) is 15.0 Å². The fourth-order valence-corrected chi connectivity index (χ4v) is 1.63. The lowest BCUT2D eigenvalue weighted by atomic mass is 10.2.